The summed E-state index contributed by atoms with van der Waals surface area (Å²) in [6.07, 6.45) is 3.90. The van der Waals surface area contributed by atoms with Gasteiger partial charge in [-0.2, -0.15) is 30.4 Å². The largest absolute Gasteiger partial charge is 0.268 e. The minimum Gasteiger partial charge on any atom is -0.268 e. The van der Waals surface area contributed by atoms with Gasteiger partial charge in [-0.3, -0.25) is 5.01 Å². The van der Waals surface area contributed by atoms with Crippen LogP contribution in [0.1, 0.15) is 67.2 Å². The van der Waals surface area contributed by atoms with Gasteiger partial charge in [0.2, 0.25) is 0 Å². The van der Waals surface area contributed by atoms with Crippen molar-refractivity contribution >= 4 is 33.1 Å². The van der Waals surface area contributed by atoms with Gasteiger partial charge in [-0.25, -0.2) is 0 Å². The molecule has 0 saturated heterocycles. The van der Waals surface area contributed by atoms with Crippen LogP contribution in [0.3, 0.4) is 0 Å². The lowest BCUT2D eigenvalue weighted by Gasteiger charge is -2.36. The lowest BCUT2D eigenvalue weighted by molar-refractivity contribution is 0.0900. The zero-order valence-electron chi connectivity index (χ0n) is 14.8. The van der Waals surface area contributed by atoms with E-state index in [-0.39, 0.29) is 26.4 Å². The molecule has 4 unspecified atom stereocenters. The van der Waals surface area contributed by atoms with Crippen molar-refractivity contribution in [1.82, 2.24) is 5.01 Å². The summed E-state index contributed by atoms with van der Waals surface area (Å²) in [6.45, 7) is 13.0. The van der Waals surface area contributed by atoms with Crippen molar-refractivity contribution < 1.29 is 0 Å². The van der Waals surface area contributed by atoms with Gasteiger partial charge in [0.05, 0.1) is 25.5 Å². The predicted octanol–water partition coefficient (Wildman–Crippen LogP) is 4.50. The van der Waals surface area contributed by atoms with Gasteiger partial charge in [-0.15, -0.1) is 0 Å². The van der Waals surface area contributed by atoms with Crippen LogP contribution in [0, 0.1) is 0 Å². The molecule has 0 spiro atoms. The highest BCUT2D eigenvalue weighted by atomic mass is 32.1. The van der Waals surface area contributed by atoms with Crippen LogP contribution in [0.25, 0.3) is 0 Å². The zero-order chi connectivity index (χ0) is 17.0. The fraction of sp³-hybridized carbons (Fsp3) is 1.00. The molecule has 2 radical (unpaired) electrons. The Morgan fingerprint density at radius 3 is 2.18 bits per heavy atom. The Labute approximate surface area is 148 Å². The zero-order valence-corrected chi connectivity index (χ0v) is 16.6. The Balaban J connectivity index is 2.10. The molecular weight excluding hydrogens is 309 g/mol. The van der Waals surface area contributed by atoms with Crippen molar-refractivity contribution in [2.24, 2.45) is 10.3 Å². The number of nitrogens with zero attached hydrogens (tertiary/aromatic N) is 3. The van der Waals surface area contributed by atoms with Crippen LogP contribution in [-0.2, 0) is 0 Å². The molecule has 3 nitrogen and oxygen atoms in total. The van der Waals surface area contributed by atoms with E-state index >= 15 is 0 Å². The Morgan fingerprint density at radius 2 is 1.77 bits per heavy atom. The summed E-state index contributed by atoms with van der Waals surface area (Å²) >= 11 is 9.83. The van der Waals surface area contributed by atoms with Gasteiger partial charge in [0.15, 0.2) is 0 Å². The summed E-state index contributed by atoms with van der Waals surface area (Å²) in [6, 6.07) is 0.606. The normalized spacial score (nSPS) is 44.6. The maximum absolute atomic E-state index is 6.49. The van der Waals surface area contributed by atoms with Gasteiger partial charge in [0, 0.05) is 9.49 Å². The molecule has 1 heterocycles. The van der Waals surface area contributed by atoms with Gasteiger partial charge in [-0.05, 0) is 51.8 Å². The van der Waals surface area contributed by atoms with Gasteiger partial charge in [0.25, 0.3) is 0 Å². The molecule has 2 aliphatic rings. The first-order valence-corrected chi connectivity index (χ1v) is 9.29. The van der Waals surface area contributed by atoms with Crippen molar-refractivity contribution in [3.05, 3.63) is 0 Å². The molecule has 1 aliphatic heterocycles. The molecule has 0 aromatic carbocycles. The molecule has 0 bridgehead atoms. The molecule has 0 amide bonds. The van der Waals surface area contributed by atoms with Crippen LogP contribution in [0.15, 0.2) is 10.3 Å². The third kappa shape index (κ3) is 2.43. The van der Waals surface area contributed by atoms with E-state index in [0.717, 1.165) is 25.7 Å². The molecular formula is C16H30BN3S2. The molecule has 0 N–H and O–H groups in total. The lowest BCUT2D eigenvalue weighted by atomic mass is 9.79. The maximum Gasteiger partial charge on any atom is 0.0947 e. The van der Waals surface area contributed by atoms with Crippen LogP contribution in [0.4, 0.5) is 0 Å². The second-order valence-corrected chi connectivity index (χ2v) is 9.61. The smallest absolute Gasteiger partial charge is 0.0947 e. The molecule has 2 rings (SSSR count). The van der Waals surface area contributed by atoms with Gasteiger partial charge in [0.1, 0.15) is 0 Å². The van der Waals surface area contributed by atoms with E-state index in [4.69, 9.17) is 33.1 Å². The summed E-state index contributed by atoms with van der Waals surface area (Å²) in [7, 11) is 6.49. The first-order valence-electron chi connectivity index (χ1n) is 8.40. The highest BCUT2D eigenvalue weighted by molar-refractivity contribution is 7.88. The third-order valence-corrected chi connectivity index (χ3v) is 8.22. The Bertz CT molecular complexity index is 463. The highest BCUT2D eigenvalue weighted by Crippen LogP contribution is 2.79. The molecule has 1 aliphatic carbocycles. The van der Waals surface area contributed by atoms with Crippen LogP contribution in [-0.4, -0.2) is 40.0 Å². The van der Waals surface area contributed by atoms with E-state index in [0.29, 0.717) is 6.04 Å². The summed E-state index contributed by atoms with van der Waals surface area (Å²) < 4.78 is -0.410. The molecule has 1 saturated carbocycles. The van der Waals surface area contributed by atoms with E-state index in [1.807, 2.05) is 0 Å². The first-order chi connectivity index (χ1) is 9.96. The second kappa shape index (κ2) is 5.61. The third-order valence-electron chi connectivity index (χ3n) is 5.81. The quantitative estimate of drug-likeness (QED) is 0.560. The minimum absolute atomic E-state index is 0.0137. The fourth-order valence-corrected chi connectivity index (χ4v) is 5.30. The lowest BCUT2D eigenvalue weighted by Crippen LogP contribution is -2.46. The van der Waals surface area contributed by atoms with Crippen LogP contribution in [0.5, 0.6) is 0 Å². The average Bonchev–Trinajstić information content (AvgIpc) is 2.76. The molecule has 22 heavy (non-hydrogen) atoms. The fourth-order valence-electron chi connectivity index (χ4n) is 4.08. The minimum atomic E-state index is -0.331. The monoisotopic (exact) mass is 339 g/mol. The van der Waals surface area contributed by atoms with Crippen molar-refractivity contribution in [3.8, 4) is 0 Å². The van der Waals surface area contributed by atoms with Crippen molar-refractivity contribution in [3.63, 3.8) is 0 Å². The van der Waals surface area contributed by atoms with Gasteiger partial charge >= 0.3 is 0 Å². The van der Waals surface area contributed by atoms with E-state index in [9.17, 15) is 0 Å². The number of hydrogen-bond acceptors (Lipinski definition) is 5. The summed E-state index contributed by atoms with van der Waals surface area (Å²) in [4.78, 5) is 0. The average molecular weight is 339 g/mol. The molecule has 6 heteroatoms. The van der Waals surface area contributed by atoms with Crippen LogP contribution < -0.4 is 0 Å². The molecule has 1 fully saturated rings. The van der Waals surface area contributed by atoms with E-state index < -0.39 is 0 Å². The van der Waals surface area contributed by atoms with Gasteiger partial charge in [-0.1, -0.05) is 26.0 Å². The summed E-state index contributed by atoms with van der Waals surface area (Å²) in [5, 5.41) is 10.7. The van der Waals surface area contributed by atoms with E-state index in [1.54, 1.807) is 0 Å². The topological polar surface area (TPSA) is 28.0 Å². The standard InChI is InChI=1S/C16H30BN3S2/c1-7-11-12(20(19-18-11)13(3,4)5)9-10-16(22)14(6,17)15(16,21)8-2/h11-12,21-22H,7-10H2,1-6H3/t11?,12?,14-,15?,16?/m1/s1. The molecule has 124 valence electrons. The Hall–Kier alpha value is 0.165. The second-order valence-electron chi connectivity index (χ2n) is 8.08. The molecule has 0 aromatic rings. The van der Waals surface area contributed by atoms with Crippen molar-refractivity contribution in [2.75, 3.05) is 0 Å². The molecule has 5 atom stereocenters. The van der Waals surface area contributed by atoms with E-state index in [2.05, 4.69) is 56.9 Å². The maximum atomic E-state index is 6.49. The van der Waals surface area contributed by atoms with E-state index in [1.165, 1.54) is 0 Å². The first kappa shape index (κ1) is 18.5. The molecule has 0 aromatic heterocycles. The summed E-state index contributed by atoms with van der Waals surface area (Å²) in [5.41, 5.74) is -0.0137. The highest BCUT2D eigenvalue weighted by Gasteiger charge is 2.76. The number of hydrogen-bond donors (Lipinski definition) is 2. The van der Waals surface area contributed by atoms with Crippen molar-refractivity contribution in [2.45, 2.75) is 99.7 Å². The number of thiol groups is 2. The predicted molar refractivity (Wildman–Crippen MR) is 101 cm³/mol. The summed E-state index contributed by atoms with van der Waals surface area (Å²) in [5.74, 6) is 0. The Kier molecular flexibility index (Phi) is 4.72. The Morgan fingerprint density at radius 1 is 1.18 bits per heavy atom. The van der Waals surface area contributed by atoms with Gasteiger partial charge < -0.3 is 0 Å². The van der Waals surface area contributed by atoms with Crippen LogP contribution in [0.2, 0.25) is 5.31 Å². The SMILES string of the molecule is [B][C@]1(C)C(S)(CC)C1(S)CCC1C(CC)N=NN1C(C)(C)C. The van der Waals surface area contributed by atoms with Crippen LogP contribution >= 0.6 is 25.3 Å². The number of rotatable bonds is 5. The van der Waals surface area contributed by atoms with Crippen molar-refractivity contribution in [1.29, 1.82) is 0 Å².